The number of hydrogen-bond donors (Lipinski definition) is 0. The third-order valence-electron chi connectivity index (χ3n) is 4.63. The summed E-state index contributed by atoms with van der Waals surface area (Å²) in [7, 11) is 0. The average Bonchev–Trinajstić information content (AvgIpc) is 2.73. The molecule has 0 aliphatic carbocycles. The largest absolute Gasteiger partial charge is 0.489 e. The van der Waals surface area contributed by atoms with Crippen molar-refractivity contribution >= 4 is 33.0 Å². The standard InChI is InChI=1S/C25H19BrO3/c1-17-24(19-9-11-20(26)12-10-19)25(27)22-14-13-21(16-23(22)29-17)28-15-5-8-18-6-3-2-4-7-18/h2-14,16H,15H2,1H3. The van der Waals surface area contributed by atoms with E-state index in [9.17, 15) is 4.79 Å². The molecule has 0 aliphatic heterocycles. The topological polar surface area (TPSA) is 39.4 Å². The normalized spacial score (nSPS) is 11.2. The molecule has 0 aliphatic rings. The molecule has 4 heteroatoms. The van der Waals surface area contributed by atoms with Gasteiger partial charge in [-0.2, -0.15) is 0 Å². The Bertz CT molecular complexity index is 1220. The predicted molar refractivity (Wildman–Crippen MR) is 121 cm³/mol. The van der Waals surface area contributed by atoms with E-state index in [1.165, 1.54) is 0 Å². The molecular formula is C25H19BrO3. The monoisotopic (exact) mass is 446 g/mol. The molecule has 0 radical (unpaired) electrons. The molecule has 0 bridgehead atoms. The van der Waals surface area contributed by atoms with Gasteiger partial charge in [-0.3, -0.25) is 4.79 Å². The summed E-state index contributed by atoms with van der Waals surface area (Å²) in [6, 6.07) is 23.0. The van der Waals surface area contributed by atoms with Crippen LogP contribution in [0.15, 0.2) is 92.6 Å². The average molecular weight is 447 g/mol. The molecule has 0 N–H and O–H groups in total. The number of halogens is 1. The fourth-order valence-corrected chi connectivity index (χ4v) is 3.48. The lowest BCUT2D eigenvalue weighted by Crippen LogP contribution is -2.07. The van der Waals surface area contributed by atoms with Crippen molar-refractivity contribution in [1.29, 1.82) is 0 Å². The Morgan fingerprint density at radius 1 is 1.00 bits per heavy atom. The first-order chi connectivity index (χ1) is 14.1. The third-order valence-corrected chi connectivity index (χ3v) is 5.16. The smallest absolute Gasteiger partial charge is 0.200 e. The summed E-state index contributed by atoms with van der Waals surface area (Å²) >= 11 is 3.42. The van der Waals surface area contributed by atoms with E-state index < -0.39 is 0 Å². The van der Waals surface area contributed by atoms with Crippen LogP contribution in [0.4, 0.5) is 0 Å². The van der Waals surface area contributed by atoms with Gasteiger partial charge in [-0.15, -0.1) is 0 Å². The lowest BCUT2D eigenvalue weighted by Gasteiger charge is -2.09. The van der Waals surface area contributed by atoms with Gasteiger partial charge in [0.1, 0.15) is 23.7 Å². The second kappa shape index (κ2) is 8.50. The predicted octanol–water partition coefficient (Wildman–Crippen LogP) is 6.62. The summed E-state index contributed by atoms with van der Waals surface area (Å²) in [5.41, 5.74) is 3.04. The molecule has 0 saturated heterocycles. The Morgan fingerprint density at radius 3 is 2.52 bits per heavy atom. The zero-order chi connectivity index (χ0) is 20.2. The second-order valence-corrected chi connectivity index (χ2v) is 7.57. The van der Waals surface area contributed by atoms with Gasteiger partial charge < -0.3 is 9.15 Å². The van der Waals surface area contributed by atoms with E-state index in [1.807, 2.05) is 73.7 Å². The molecule has 29 heavy (non-hydrogen) atoms. The summed E-state index contributed by atoms with van der Waals surface area (Å²) in [4.78, 5) is 13.0. The van der Waals surface area contributed by atoms with E-state index in [4.69, 9.17) is 9.15 Å². The Kier molecular flexibility index (Phi) is 5.63. The molecule has 4 rings (SSSR count). The van der Waals surface area contributed by atoms with E-state index >= 15 is 0 Å². The maximum atomic E-state index is 13.0. The minimum absolute atomic E-state index is 0.0402. The van der Waals surface area contributed by atoms with E-state index in [1.54, 1.807) is 18.2 Å². The maximum Gasteiger partial charge on any atom is 0.200 e. The minimum Gasteiger partial charge on any atom is -0.489 e. The summed E-state index contributed by atoms with van der Waals surface area (Å²) in [6.07, 6.45) is 3.97. The highest BCUT2D eigenvalue weighted by Crippen LogP contribution is 2.27. The lowest BCUT2D eigenvalue weighted by molar-refractivity contribution is 0.363. The van der Waals surface area contributed by atoms with Gasteiger partial charge in [0.25, 0.3) is 0 Å². The Hall–Kier alpha value is -3.11. The minimum atomic E-state index is -0.0402. The van der Waals surface area contributed by atoms with Gasteiger partial charge in [-0.05, 0) is 48.4 Å². The number of ether oxygens (including phenoxy) is 1. The molecule has 0 spiro atoms. The summed E-state index contributed by atoms with van der Waals surface area (Å²) < 4.78 is 12.7. The van der Waals surface area contributed by atoms with Crippen LogP contribution in [0, 0.1) is 6.92 Å². The number of fused-ring (bicyclic) bond motifs is 1. The highest BCUT2D eigenvalue weighted by molar-refractivity contribution is 9.10. The SMILES string of the molecule is Cc1oc2cc(OCC=Cc3ccccc3)ccc2c(=O)c1-c1ccc(Br)cc1. The van der Waals surface area contributed by atoms with Gasteiger partial charge in [0.15, 0.2) is 0 Å². The van der Waals surface area contributed by atoms with Crippen LogP contribution in [0.2, 0.25) is 0 Å². The molecule has 3 aromatic carbocycles. The molecular weight excluding hydrogens is 428 g/mol. The fourth-order valence-electron chi connectivity index (χ4n) is 3.22. The molecule has 0 fully saturated rings. The first kappa shape index (κ1) is 19.2. The van der Waals surface area contributed by atoms with E-state index in [0.29, 0.717) is 34.6 Å². The Balaban J connectivity index is 1.58. The van der Waals surface area contributed by atoms with Crippen molar-refractivity contribution in [3.63, 3.8) is 0 Å². The van der Waals surface area contributed by atoms with Crippen LogP contribution in [0.1, 0.15) is 11.3 Å². The molecule has 144 valence electrons. The number of aryl methyl sites for hydroxylation is 1. The van der Waals surface area contributed by atoms with E-state index in [2.05, 4.69) is 15.9 Å². The van der Waals surface area contributed by atoms with Crippen molar-refractivity contribution in [1.82, 2.24) is 0 Å². The van der Waals surface area contributed by atoms with Crippen molar-refractivity contribution in [2.24, 2.45) is 0 Å². The first-order valence-electron chi connectivity index (χ1n) is 9.29. The highest BCUT2D eigenvalue weighted by Gasteiger charge is 2.14. The molecule has 1 aromatic heterocycles. The number of rotatable bonds is 5. The molecule has 1 heterocycles. The maximum absolute atomic E-state index is 13.0. The van der Waals surface area contributed by atoms with Crippen LogP contribution in [0.5, 0.6) is 5.75 Å². The van der Waals surface area contributed by atoms with Crippen molar-refractivity contribution in [2.45, 2.75) is 6.92 Å². The Morgan fingerprint density at radius 2 is 1.76 bits per heavy atom. The van der Waals surface area contributed by atoms with Gasteiger partial charge in [-0.1, -0.05) is 64.5 Å². The molecule has 0 saturated carbocycles. The number of benzene rings is 3. The van der Waals surface area contributed by atoms with Crippen molar-refractivity contribution in [3.8, 4) is 16.9 Å². The molecule has 4 aromatic rings. The van der Waals surface area contributed by atoms with Crippen molar-refractivity contribution in [3.05, 3.63) is 105 Å². The van der Waals surface area contributed by atoms with Crippen LogP contribution < -0.4 is 10.2 Å². The van der Waals surface area contributed by atoms with Crippen LogP contribution in [-0.4, -0.2) is 6.61 Å². The molecule has 0 unspecified atom stereocenters. The number of hydrogen-bond acceptors (Lipinski definition) is 3. The van der Waals surface area contributed by atoms with Gasteiger partial charge in [0, 0.05) is 10.5 Å². The fraction of sp³-hybridized carbons (Fsp3) is 0.0800. The Labute approximate surface area is 177 Å². The lowest BCUT2D eigenvalue weighted by atomic mass is 10.0. The second-order valence-electron chi connectivity index (χ2n) is 6.65. The van der Waals surface area contributed by atoms with Crippen LogP contribution in [0.25, 0.3) is 28.2 Å². The van der Waals surface area contributed by atoms with Crippen LogP contribution in [-0.2, 0) is 0 Å². The summed E-state index contributed by atoms with van der Waals surface area (Å²) in [5, 5.41) is 0.542. The summed E-state index contributed by atoms with van der Waals surface area (Å²) in [5.74, 6) is 1.25. The quantitative estimate of drug-likeness (QED) is 0.345. The van der Waals surface area contributed by atoms with Gasteiger partial charge >= 0.3 is 0 Å². The van der Waals surface area contributed by atoms with Gasteiger partial charge in [0.05, 0.1) is 10.9 Å². The van der Waals surface area contributed by atoms with E-state index in [-0.39, 0.29) is 5.43 Å². The molecule has 0 amide bonds. The van der Waals surface area contributed by atoms with Crippen molar-refractivity contribution in [2.75, 3.05) is 6.61 Å². The molecule has 3 nitrogen and oxygen atoms in total. The third kappa shape index (κ3) is 4.33. The highest BCUT2D eigenvalue weighted by atomic mass is 79.9. The van der Waals surface area contributed by atoms with Crippen molar-refractivity contribution < 1.29 is 9.15 Å². The zero-order valence-corrected chi connectivity index (χ0v) is 17.5. The van der Waals surface area contributed by atoms with Crippen LogP contribution in [0.3, 0.4) is 0 Å². The summed E-state index contributed by atoms with van der Waals surface area (Å²) in [6.45, 7) is 2.24. The van der Waals surface area contributed by atoms with Crippen LogP contribution >= 0.6 is 15.9 Å². The van der Waals surface area contributed by atoms with Gasteiger partial charge in [-0.25, -0.2) is 0 Å². The first-order valence-corrected chi connectivity index (χ1v) is 10.1. The zero-order valence-electron chi connectivity index (χ0n) is 15.9. The van der Waals surface area contributed by atoms with Gasteiger partial charge in [0.2, 0.25) is 5.43 Å². The van der Waals surface area contributed by atoms with E-state index in [0.717, 1.165) is 15.6 Å². The molecule has 0 atom stereocenters.